The van der Waals surface area contributed by atoms with Gasteiger partial charge < -0.3 is 15.0 Å². The van der Waals surface area contributed by atoms with Crippen LogP contribution in [0.25, 0.3) is 0 Å². The topological polar surface area (TPSA) is 93.4 Å². The Morgan fingerprint density at radius 3 is 2.63 bits per heavy atom. The van der Waals surface area contributed by atoms with Crippen LogP contribution in [0, 0.1) is 17.0 Å². The van der Waals surface area contributed by atoms with Crippen molar-refractivity contribution in [1.29, 1.82) is 0 Å². The third kappa shape index (κ3) is 3.28. The zero-order chi connectivity index (χ0) is 14.6. The summed E-state index contributed by atoms with van der Waals surface area (Å²) in [5, 5.41) is 14.0. The van der Waals surface area contributed by atoms with Crippen molar-refractivity contribution in [2.24, 2.45) is 0 Å². The van der Waals surface area contributed by atoms with E-state index in [4.69, 9.17) is 4.74 Å². The van der Waals surface area contributed by atoms with Crippen molar-refractivity contribution in [1.82, 2.24) is 9.97 Å². The fraction of sp³-hybridized carbons (Fsp3) is 0.636. The molecule has 1 atom stereocenters. The smallest absolute Gasteiger partial charge is 0.332 e. The number of nitrogens with zero attached hydrogens (tertiary/aromatic N) is 4. The summed E-state index contributed by atoms with van der Waals surface area (Å²) in [6.07, 6.45) is 0. The van der Waals surface area contributed by atoms with Gasteiger partial charge >= 0.3 is 5.69 Å². The van der Waals surface area contributed by atoms with E-state index in [1.54, 1.807) is 33.0 Å². The minimum atomic E-state index is -0.458. The largest absolute Gasteiger partial charge is 0.383 e. The third-order valence-corrected chi connectivity index (χ3v) is 2.85. The molecular formula is C11H19N5O3. The molecule has 1 heterocycles. The molecule has 0 spiro atoms. The van der Waals surface area contributed by atoms with Crippen LogP contribution in [0.4, 0.5) is 17.5 Å². The Bertz CT molecular complexity index is 466. The molecule has 19 heavy (non-hydrogen) atoms. The second kappa shape index (κ2) is 6.28. The number of aromatic nitrogens is 2. The first-order chi connectivity index (χ1) is 8.92. The van der Waals surface area contributed by atoms with Gasteiger partial charge in [-0.3, -0.25) is 10.1 Å². The van der Waals surface area contributed by atoms with Gasteiger partial charge in [-0.15, -0.1) is 0 Å². The van der Waals surface area contributed by atoms with E-state index in [9.17, 15) is 10.1 Å². The van der Waals surface area contributed by atoms with Crippen molar-refractivity contribution < 1.29 is 9.66 Å². The molecule has 8 heteroatoms. The zero-order valence-corrected chi connectivity index (χ0v) is 11.8. The lowest BCUT2D eigenvalue weighted by atomic mass is 10.2. The van der Waals surface area contributed by atoms with Crippen molar-refractivity contribution in [2.45, 2.75) is 19.9 Å². The van der Waals surface area contributed by atoms with Gasteiger partial charge in [0.05, 0.1) is 17.6 Å². The fourth-order valence-corrected chi connectivity index (χ4v) is 1.69. The maximum Gasteiger partial charge on any atom is 0.332 e. The van der Waals surface area contributed by atoms with E-state index >= 15 is 0 Å². The van der Waals surface area contributed by atoms with Gasteiger partial charge in [0.1, 0.15) is 5.69 Å². The van der Waals surface area contributed by atoms with Crippen LogP contribution in [0.15, 0.2) is 0 Å². The van der Waals surface area contributed by atoms with Gasteiger partial charge in [0.25, 0.3) is 0 Å². The number of ether oxygens (including phenoxy) is 1. The van der Waals surface area contributed by atoms with Crippen molar-refractivity contribution in [2.75, 3.05) is 38.0 Å². The summed E-state index contributed by atoms with van der Waals surface area (Å²) >= 11 is 0. The van der Waals surface area contributed by atoms with Crippen molar-refractivity contribution in [3.8, 4) is 0 Å². The normalized spacial score (nSPS) is 12.1. The van der Waals surface area contributed by atoms with Gasteiger partial charge in [0.2, 0.25) is 11.8 Å². The number of nitrogens with one attached hydrogen (secondary N) is 1. The molecule has 1 unspecified atom stereocenters. The predicted octanol–water partition coefficient (Wildman–Crippen LogP) is 1.21. The van der Waals surface area contributed by atoms with E-state index in [-0.39, 0.29) is 17.5 Å². The van der Waals surface area contributed by atoms with Crippen LogP contribution in [0.5, 0.6) is 0 Å². The van der Waals surface area contributed by atoms with Crippen molar-refractivity contribution in [3.63, 3.8) is 0 Å². The number of methoxy groups -OCH3 is 1. The fourth-order valence-electron chi connectivity index (χ4n) is 1.69. The monoisotopic (exact) mass is 269 g/mol. The first-order valence-corrected chi connectivity index (χ1v) is 5.84. The molecule has 0 aliphatic rings. The van der Waals surface area contributed by atoms with Gasteiger partial charge in [-0.25, -0.2) is 4.98 Å². The number of nitro groups is 1. The molecular weight excluding hydrogens is 250 g/mol. The quantitative estimate of drug-likeness (QED) is 0.612. The molecule has 0 saturated carbocycles. The summed E-state index contributed by atoms with van der Waals surface area (Å²) in [5.74, 6) is 0.640. The third-order valence-electron chi connectivity index (χ3n) is 2.85. The van der Waals surface area contributed by atoms with E-state index < -0.39 is 4.92 Å². The summed E-state index contributed by atoms with van der Waals surface area (Å²) in [6.45, 7) is 3.95. The average Bonchev–Trinajstić information content (AvgIpc) is 2.36. The van der Waals surface area contributed by atoms with E-state index in [2.05, 4.69) is 15.3 Å². The molecule has 106 valence electrons. The summed E-state index contributed by atoms with van der Waals surface area (Å²) < 4.78 is 5.06. The summed E-state index contributed by atoms with van der Waals surface area (Å²) in [6, 6.07) is -0.0392. The number of rotatable bonds is 6. The molecule has 1 aromatic rings. The summed E-state index contributed by atoms with van der Waals surface area (Å²) in [5.41, 5.74) is 0.250. The standard InChI is InChI=1S/C11H19N5O3/c1-7(6-19-5)15(4)10-9(16(17)18)8(2)13-11(12-3)14-10/h7H,6H2,1-5H3,(H,12,13,14). The lowest BCUT2D eigenvalue weighted by molar-refractivity contribution is -0.385. The molecule has 0 radical (unpaired) electrons. The molecule has 1 rings (SSSR count). The molecule has 0 amide bonds. The van der Waals surface area contributed by atoms with Crippen LogP contribution < -0.4 is 10.2 Å². The van der Waals surface area contributed by atoms with E-state index in [1.807, 2.05) is 6.92 Å². The Balaban J connectivity index is 3.29. The van der Waals surface area contributed by atoms with Gasteiger partial charge in [-0.1, -0.05) is 0 Å². The van der Waals surface area contributed by atoms with Crippen molar-refractivity contribution >= 4 is 17.5 Å². The molecule has 0 aliphatic heterocycles. The highest BCUT2D eigenvalue weighted by molar-refractivity contribution is 5.62. The maximum absolute atomic E-state index is 11.2. The maximum atomic E-state index is 11.2. The van der Waals surface area contributed by atoms with E-state index in [0.717, 1.165) is 0 Å². The number of likely N-dealkylation sites (N-methyl/N-ethyl adjacent to an activating group) is 1. The number of hydrogen-bond acceptors (Lipinski definition) is 7. The van der Waals surface area contributed by atoms with E-state index in [0.29, 0.717) is 18.2 Å². The minimum Gasteiger partial charge on any atom is -0.383 e. The number of aryl methyl sites for hydroxylation is 1. The molecule has 0 aromatic carbocycles. The first kappa shape index (κ1) is 15.1. The second-order valence-electron chi connectivity index (χ2n) is 4.23. The SMILES string of the molecule is CNc1nc(C)c([N+](=O)[O-])c(N(C)C(C)COC)n1. The Morgan fingerprint density at radius 1 is 1.53 bits per heavy atom. The molecule has 0 aliphatic carbocycles. The van der Waals surface area contributed by atoms with Crippen LogP contribution in [0.3, 0.4) is 0 Å². The molecule has 0 fully saturated rings. The molecule has 0 bridgehead atoms. The Labute approximate surface area is 112 Å². The van der Waals surface area contributed by atoms with Crippen LogP contribution in [-0.4, -0.2) is 48.7 Å². The lowest BCUT2D eigenvalue weighted by Gasteiger charge is -2.25. The van der Waals surface area contributed by atoms with Gasteiger partial charge in [-0.05, 0) is 13.8 Å². The summed E-state index contributed by atoms with van der Waals surface area (Å²) in [4.78, 5) is 20.7. The number of anilines is 2. The van der Waals surface area contributed by atoms with E-state index in [1.165, 1.54) is 0 Å². The average molecular weight is 269 g/mol. The molecule has 8 nitrogen and oxygen atoms in total. The minimum absolute atomic E-state index is 0.0392. The van der Waals surface area contributed by atoms with Crippen molar-refractivity contribution in [3.05, 3.63) is 15.8 Å². The van der Waals surface area contributed by atoms with Gasteiger partial charge in [0.15, 0.2) is 0 Å². The Hall–Kier alpha value is -1.96. The number of hydrogen-bond donors (Lipinski definition) is 1. The van der Waals surface area contributed by atoms with Crippen LogP contribution in [0.2, 0.25) is 0 Å². The first-order valence-electron chi connectivity index (χ1n) is 5.84. The Kier molecular flexibility index (Phi) is 4.99. The molecule has 1 aromatic heterocycles. The van der Waals surface area contributed by atoms with Gasteiger partial charge in [0, 0.05) is 21.2 Å². The highest BCUT2D eigenvalue weighted by atomic mass is 16.6. The van der Waals surface area contributed by atoms with Gasteiger partial charge in [-0.2, -0.15) is 4.98 Å². The highest BCUT2D eigenvalue weighted by Gasteiger charge is 2.26. The second-order valence-corrected chi connectivity index (χ2v) is 4.23. The highest BCUT2D eigenvalue weighted by Crippen LogP contribution is 2.30. The lowest BCUT2D eigenvalue weighted by Crippen LogP contribution is -2.34. The summed E-state index contributed by atoms with van der Waals surface area (Å²) in [7, 11) is 5.00. The molecule has 1 N–H and O–H groups in total. The molecule has 0 saturated heterocycles. The van der Waals surface area contributed by atoms with Crippen LogP contribution in [-0.2, 0) is 4.74 Å². The van der Waals surface area contributed by atoms with Crippen LogP contribution >= 0.6 is 0 Å². The zero-order valence-electron chi connectivity index (χ0n) is 11.8. The van der Waals surface area contributed by atoms with Crippen LogP contribution in [0.1, 0.15) is 12.6 Å². The predicted molar refractivity (Wildman–Crippen MR) is 72.7 cm³/mol. The Morgan fingerprint density at radius 2 is 2.16 bits per heavy atom.